The molecule has 1 aliphatic rings. The van der Waals surface area contributed by atoms with Crippen LogP contribution in [0.1, 0.15) is 25.4 Å². The van der Waals surface area contributed by atoms with Crippen LogP contribution >= 0.6 is 0 Å². The van der Waals surface area contributed by atoms with Crippen LogP contribution < -0.4 is 4.90 Å². The zero-order valence-corrected chi connectivity index (χ0v) is 15.0. The van der Waals surface area contributed by atoms with Crippen LogP contribution in [0.4, 0.5) is 5.95 Å². The number of anilines is 1. The standard InChI is InChI=1S/C18H24N6O/c1-13(2)15-12-24(8-9-25-15)18-21-20-17(22(18)3)10-14-11-23-7-5-4-6-16(23)19-14/h4-7,11,13,15H,8-10,12H2,1-3H3. The van der Waals surface area contributed by atoms with Gasteiger partial charge >= 0.3 is 0 Å². The first-order chi connectivity index (χ1) is 12.1. The summed E-state index contributed by atoms with van der Waals surface area (Å²) in [4.78, 5) is 6.93. The molecule has 0 aromatic carbocycles. The first-order valence-electron chi connectivity index (χ1n) is 8.79. The van der Waals surface area contributed by atoms with Gasteiger partial charge in [-0.15, -0.1) is 10.2 Å². The highest BCUT2D eigenvalue weighted by molar-refractivity contribution is 5.40. The molecule has 0 amide bonds. The van der Waals surface area contributed by atoms with Crippen LogP contribution in [0, 0.1) is 5.92 Å². The summed E-state index contributed by atoms with van der Waals surface area (Å²) in [6, 6.07) is 6.00. The zero-order valence-electron chi connectivity index (χ0n) is 15.0. The van der Waals surface area contributed by atoms with E-state index in [1.807, 2.05) is 42.0 Å². The van der Waals surface area contributed by atoms with Crippen molar-refractivity contribution in [2.45, 2.75) is 26.4 Å². The monoisotopic (exact) mass is 340 g/mol. The number of rotatable bonds is 4. The Balaban J connectivity index is 1.54. The topological polar surface area (TPSA) is 60.5 Å². The lowest BCUT2D eigenvalue weighted by atomic mass is 10.1. The van der Waals surface area contributed by atoms with Crippen molar-refractivity contribution in [3.63, 3.8) is 0 Å². The molecule has 3 aromatic rings. The second-order valence-corrected chi connectivity index (χ2v) is 6.95. The van der Waals surface area contributed by atoms with Crippen molar-refractivity contribution >= 4 is 11.6 Å². The lowest BCUT2D eigenvalue weighted by Gasteiger charge is -2.35. The highest BCUT2D eigenvalue weighted by atomic mass is 16.5. The molecule has 1 saturated heterocycles. The maximum Gasteiger partial charge on any atom is 0.227 e. The van der Waals surface area contributed by atoms with Crippen molar-refractivity contribution in [2.75, 3.05) is 24.6 Å². The van der Waals surface area contributed by atoms with Gasteiger partial charge in [0.05, 0.1) is 24.8 Å². The second kappa shape index (κ2) is 6.48. The molecule has 7 nitrogen and oxygen atoms in total. The summed E-state index contributed by atoms with van der Waals surface area (Å²) in [5.74, 6) is 2.33. The van der Waals surface area contributed by atoms with Gasteiger partial charge < -0.3 is 18.6 Å². The van der Waals surface area contributed by atoms with E-state index in [1.165, 1.54) is 0 Å². The molecule has 4 heterocycles. The fourth-order valence-corrected chi connectivity index (χ4v) is 3.28. The van der Waals surface area contributed by atoms with Gasteiger partial charge in [0.25, 0.3) is 0 Å². The van der Waals surface area contributed by atoms with E-state index < -0.39 is 0 Å². The summed E-state index contributed by atoms with van der Waals surface area (Å²) >= 11 is 0. The van der Waals surface area contributed by atoms with Crippen LogP contribution in [0.3, 0.4) is 0 Å². The van der Waals surface area contributed by atoms with E-state index in [2.05, 4.69) is 38.5 Å². The fourth-order valence-electron chi connectivity index (χ4n) is 3.28. The molecule has 0 radical (unpaired) electrons. The summed E-state index contributed by atoms with van der Waals surface area (Å²) in [6.45, 7) is 6.83. The van der Waals surface area contributed by atoms with Gasteiger partial charge in [-0.2, -0.15) is 0 Å². The van der Waals surface area contributed by atoms with Crippen molar-refractivity contribution in [1.29, 1.82) is 0 Å². The van der Waals surface area contributed by atoms with E-state index in [1.54, 1.807) is 0 Å². The number of hydrogen-bond acceptors (Lipinski definition) is 5. The minimum absolute atomic E-state index is 0.243. The molecule has 3 aromatic heterocycles. The van der Waals surface area contributed by atoms with Crippen LogP contribution in [0.5, 0.6) is 0 Å². The highest BCUT2D eigenvalue weighted by Gasteiger charge is 2.26. The number of ether oxygens (including phenoxy) is 1. The lowest BCUT2D eigenvalue weighted by Crippen LogP contribution is -2.45. The Hall–Kier alpha value is -2.41. The lowest BCUT2D eigenvalue weighted by molar-refractivity contribution is 0.0107. The van der Waals surface area contributed by atoms with Gasteiger partial charge in [-0.3, -0.25) is 0 Å². The normalized spacial score (nSPS) is 18.4. The number of hydrogen-bond donors (Lipinski definition) is 0. The molecule has 25 heavy (non-hydrogen) atoms. The van der Waals surface area contributed by atoms with Gasteiger partial charge in [0.2, 0.25) is 5.95 Å². The van der Waals surface area contributed by atoms with Crippen LogP contribution in [-0.2, 0) is 18.2 Å². The fraction of sp³-hybridized carbons (Fsp3) is 0.500. The van der Waals surface area contributed by atoms with Gasteiger partial charge in [-0.05, 0) is 18.1 Å². The molecular weight excluding hydrogens is 316 g/mol. The first-order valence-corrected chi connectivity index (χ1v) is 8.79. The average Bonchev–Trinajstić information content (AvgIpc) is 3.19. The molecule has 1 aliphatic heterocycles. The molecule has 0 bridgehead atoms. The Morgan fingerprint density at radius 2 is 2.16 bits per heavy atom. The number of aromatic nitrogens is 5. The van der Waals surface area contributed by atoms with Gasteiger partial charge in [-0.1, -0.05) is 19.9 Å². The molecule has 1 fully saturated rings. The van der Waals surface area contributed by atoms with Crippen molar-refractivity contribution in [3.8, 4) is 0 Å². The van der Waals surface area contributed by atoms with Crippen molar-refractivity contribution in [2.24, 2.45) is 13.0 Å². The average molecular weight is 340 g/mol. The number of nitrogens with zero attached hydrogens (tertiary/aromatic N) is 6. The van der Waals surface area contributed by atoms with Crippen LogP contribution in [-0.4, -0.2) is 49.9 Å². The number of fused-ring (bicyclic) bond motifs is 1. The Morgan fingerprint density at radius 1 is 1.28 bits per heavy atom. The van der Waals surface area contributed by atoms with Crippen molar-refractivity contribution in [1.82, 2.24) is 24.1 Å². The molecular formula is C18H24N6O. The molecule has 0 spiro atoms. The summed E-state index contributed by atoms with van der Waals surface area (Å²) < 4.78 is 9.96. The number of morpholine rings is 1. The van der Waals surface area contributed by atoms with E-state index in [4.69, 9.17) is 4.74 Å². The van der Waals surface area contributed by atoms with E-state index >= 15 is 0 Å². The van der Waals surface area contributed by atoms with Crippen LogP contribution in [0.25, 0.3) is 5.65 Å². The van der Waals surface area contributed by atoms with Crippen LogP contribution in [0.15, 0.2) is 30.6 Å². The zero-order chi connectivity index (χ0) is 17.4. The van der Waals surface area contributed by atoms with Crippen molar-refractivity contribution in [3.05, 3.63) is 42.1 Å². The Morgan fingerprint density at radius 3 is 2.96 bits per heavy atom. The predicted molar refractivity (Wildman–Crippen MR) is 95.8 cm³/mol. The highest BCUT2D eigenvalue weighted by Crippen LogP contribution is 2.20. The van der Waals surface area contributed by atoms with E-state index in [-0.39, 0.29) is 6.10 Å². The Bertz CT molecular complexity index is 834. The number of pyridine rings is 1. The Labute approximate surface area is 147 Å². The molecule has 132 valence electrons. The first kappa shape index (κ1) is 16.1. The van der Waals surface area contributed by atoms with Gasteiger partial charge in [0, 0.05) is 32.5 Å². The molecule has 0 N–H and O–H groups in total. The van der Waals surface area contributed by atoms with Gasteiger partial charge in [0.15, 0.2) is 0 Å². The third-order valence-electron chi connectivity index (χ3n) is 4.82. The summed E-state index contributed by atoms with van der Waals surface area (Å²) in [5.41, 5.74) is 1.95. The minimum Gasteiger partial charge on any atom is -0.374 e. The third-order valence-corrected chi connectivity index (χ3v) is 4.82. The summed E-state index contributed by atoms with van der Waals surface area (Å²) in [5, 5.41) is 8.84. The second-order valence-electron chi connectivity index (χ2n) is 6.95. The quantitative estimate of drug-likeness (QED) is 0.726. The van der Waals surface area contributed by atoms with E-state index in [9.17, 15) is 0 Å². The van der Waals surface area contributed by atoms with Gasteiger partial charge in [0.1, 0.15) is 11.5 Å². The smallest absolute Gasteiger partial charge is 0.227 e. The molecule has 0 saturated carbocycles. The summed E-state index contributed by atoms with van der Waals surface area (Å²) in [6.07, 6.45) is 4.97. The number of imidazole rings is 1. The third kappa shape index (κ3) is 3.11. The SMILES string of the molecule is CC(C)C1CN(c2nnc(Cc3cn4ccccc4n3)n2C)CCO1. The largest absolute Gasteiger partial charge is 0.374 e. The van der Waals surface area contributed by atoms with E-state index in [0.717, 1.165) is 42.8 Å². The van der Waals surface area contributed by atoms with E-state index in [0.29, 0.717) is 12.3 Å². The molecule has 7 heteroatoms. The van der Waals surface area contributed by atoms with Crippen molar-refractivity contribution < 1.29 is 4.74 Å². The maximum absolute atomic E-state index is 5.86. The molecule has 4 rings (SSSR count). The summed E-state index contributed by atoms with van der Waals surface area (Å²) in [7, 11) is 2.03. The minimum atomic E-state index is 0.243. The molecule has 1 unspecified atom stereocenters. The maximum atomic E-state index is 5.86. The molecule has 1 atom stereocenters. The van der Waals surface area contributed by atoms with Gasteiger partial charge in [-0.25, -0.2) is 4.98 Å². The Kier molecular flexibility index (Phi) is 4.17. The van der Waals surface area contributed by atoms with Crippen LogP contribution in [0.2, 0.25) is 0 Å². The predicted octanol–water partition coefficient (Wildman–Crippen LogP) is 1.91. The molecule has 0 aliphatic carbocycles.